The van der Waals surface area contributed by atoms with Crippen molar-refractivity contribution in [3.63, 3.8) is 0 Å². The van der Waals surface area contributed by atoms with Crippen molar-refractivity contribution in [3.8, 4) is 0 Å². The van der Waals surface area contributed by atoms with Gasteiger partial charge in [-0.15, -0.1) is 0 Å². The van der Waals surface area contributed by atoms with E-state index in [9.17, 15) is 19.0 Å². The molecule has 0 radical (unpaired) electrons. The minimum absolute atomic E-state index is 0.0655. The van der Waals surface area contributed by atoms with Crippen molar-refractivity contribution in [2.45, 2.75) is 55.8 Å². The zero-order valence-electron chi connectivity index (χ0n) is 15.6. The number of hydrogen-bond donors (Lipinski definition) is 4. The normalized spacial score (nSPS) is 41.8. The summed E-state index contributed by atoms with van der Waals surface area (Å²) in [6, 6.07) is 2.25. The number of halogens is 2. The van der Waals surface area contributed by atoms with Crippen molar-refractivity contribution in [1.29, 1.82) is 0 Å². The lowest BCUT2D eigenvalue weighted by Gasteiger charge is -2.35. The molecule has 4 aliphatic heterocycles. The average Bonchev–Trinajstić information content (AvgIpc) is 3.25. The zero-order valence-corrected chi connectivity index (χ0v) is 15.6. The molecule has 3 unspecified atom stereocenters. The van der Waals surface area contributed by atoms with Crippen molar-refractivity contribution < 1.29 is 28.5 Å². The second-order valence-corrected chi connectivity index (χ2v) is 8.05. The second-order valence-electron chi connectivity index (χ2n) is 8.05. The zero-order chi connectivity index (χ0) is 20.3. The fourth-order valence-electron chi connectivity index (χ4n) is 4.95. The Morgan fingerprint density at radius 3 is 2.83 bits per heavy atom. The van der Waals surface area contributed by atoms with E-state index in [0.29, 0.717) is 24.1 Å². The van der Waals surface area contributed by atoms with Gasteiger partial charge in [0.2, 0.25) is 0 Å². The van der Waals surface area contributed by atoms with E-state index in [1.54, 1.807) is 6.34 Å². The van der Waals surface area contributed by atoms with E-state index in [0.717, 1.165) is 18.6 Å². The Labute approximate surface area is 166 Å². The lowest BCUT2D eigenvalue weighted by Crippen LogP contribution is -2.54. The van der Waals surface area contributed by atoms with Crippen LogP contribution in [0, 0.1) is 17.6 Å². The van der Waals surface area contributed by atoms with E-state index in [1.807, 2.05) is 4.90 Å². The van der Waals surface area contributed by atoms with Crippen LogP contribution in [0.25, 0.3) is 0 Å². The van der Waals surface area contributed by atoms with Crippen molar-refractivity contribution in [1.82, 2.24) is 10.2 Å². The molecule has 0 spiro atoms. The van der Waals surface area contributed by atoms with Crippen molar-refractivity contribution in [2.75, 3.05) is 13.2 Å². The average molecular weight is 410 g/mol. The smallest absolute Gasteiger partial charge is 0.159 e. The van der Waals surface area contributed by atoms with E-state index >= 15 is 0 Å². The van der Waals surface area contributed by atoms with Crippen molar-refractivity contribution in [3.05, 3.63) is 34.9 Å². The minimum atomic E-state index is -1.25. The molecule has 5 rings (SSSR count). The summed E-state index contributed by atoms with van der Waals surface area (Å²) in [7, 11) is 0. The lowest BCUT2D eigenvalue weighted by atomic mass is 9.91. The largest absolute Gasteiger partial charge is 0.387 e. The van der Waals surface area contributed by atoms with Crippen LogP contribution >= 0.6 is 0 Å². The van der Waals surface area contributed by atoms with Crippen LogP contribution in [0.4, 0.5) is 8.78 Å². The van der Waals surface area contributed by atoms with Gasteiger partial charge in [0.15, 0.2) is 11.6 Å². The van der Waals surface area contributed by atoms with Gasteiger partial charge in [-0.05, 0) is 36.1 Å². The molecular weight excluding hydrogens is 386 g/mol. The van der Waals surface area contributed by atoms with Crippen LogP contribution in [0.15, 0.2) is 17.1 Å². The number of nitrogens with zero attached hydrogens (tertiary/aromatic N) is 2. The molecule has 4 aliphatic rings. The first-order chi connectivity index (χ1) is 14.0. The van der Waals surface area contributed by atoms with Crippen LogP contribution in [0.2, 0.25) is 0 Å². The highest BCUT2D eigenvalue weighted by Crippen LogP contribution is 2.41. The fraction of sp³-hybridized carbons (Fsp3) is 0.632. The molecule has 8 nitrogen and oxygen atoms in total. The van der Waals surface area contributed by atoms with Gasteiger partial charge in [-0.3, -0.25) is 9.89 Å². The first kappa shape index (κ1) is 19.3. The maximum absolute atomic E-state index is 13.9. The summed E-state index contributed by atoms with van der Waals surface area (Å²) in [6.45, 7) is 0.889. The molecular formula is C19H24F2N4O4. The standard InChI is InChI=1S/C19H24F2N4O4/c20-11-5-8-2-4-28-15(10(8)6-12(11)21)16-13(26)14(27)19(29-16)25-3-1-9-17(22)23-7-24-18(9)25/h5-7,9,13-19,26-27H,1-4,22H2,(H,23,24)/t9?,13-,14+,15+,16-,17?,18?,19+/m0/s1. The van der Waals surface area contributed by atoms with E-state index < -0.39 is 42.3 Å². The molecule has 158 valence electrons. The highest BCUT2D eigenvalue weighted by atomic mass is 19.2. The number of hydrogen-bond acceptors (Lipinski definition) is 8. The molecule has 1 aromatic carbocycles. The Balaban J connectivity index is 1.41. The van der Waals surface area contributed by atoms with Crippen LogP contribution in [0.1, 0.15) is 23.7 Å². The SMILES string of the molecule is NC1NC=NC2C1CCN2[C@@H]1O[C@H]([C@@H]2OCCc3cc(F)c(F)cc32)[C@@H](O)[C@H]1O. The summed E-state index contributed by atoms with van der Waals surface area (Å²) in [5, 5.41) is 24.4. The molecule has 0 bridgehead atoms. The monoisotopic (exact) mass is 410 g/mol. The Hall–Kier alpha value is -1.69. The quantitative estimate of drug-likeness (QED) is 0.524. The van der Waals surface area contributed by atoms with E-state index in [4.69, 9.17) is 15.2 Å². The van der Waals surface area contributed by atoms with Crippen molar-refractivity contribution >= 4 is 6.34 Å². The molecule has 8 atom stereocenters. The van der Waals surface area contributed by atoms with Gasteiger partial charge < -0.3 is 30.7 Å². The molecule has 29 heavy (non-hydrogen) atoms. The highest BCUT2D eigenvalue weighted by molar-refractivity contribution is 5.56. The summed E-state index contributed by atoms with van der Waals surface area (Å²) >= 11 is 0. The van der Waals surface area contributed by atoms with Gasteiger partial charge in [-0.25, -0.2) is 8.78 Å². The van der Waals surface area contributed by atoms with Gasteiger partial charge in [0, 0.05) is 12.5 Å². The van der Waals surface area contributed by atoms with Crippen LogP contribution in [-0.2, 0) is 15.9 Å². The third kappa shape index (κ3) is 3.06. The lowest BCUT2D eigenvalue weighted by molar-refractivity contribution is -0.137. The molecule has 4 heterocycles. The van der Waals surface area contributed by atoms with Gasteiger partial charge >= 0.3 is 0 Å². The number of fused-ring (bicyclic) bond motifs is 2. The van der Waals surface area contributed by atoms with Gasteiger partial charge in [0.25, 0.3) is 0 Å². The molecule has 0 aromatic heterocycles. The Bertz CT molecular complexity index is 828. The summed E-state index contributed by atoms with van der Waals surface area (Å²) in [5.41, 5.74) is 7.15. The maximum Gasteiger partial charge on any atom is 0.159 e. The molecule has 10 heteroatoms. The third-order valence-corrected chi connectivity index (χ3v) is 6.46. The number of likely N-dealkylation sites (tertiary alicyclic amines) is 1. The van der Waals surface area contributed by atoms with Crippen LogP contribution < -0.4 is 11.1 Å². The summed E-state index contributed by atoms with van der Waals surface area (Å²) in [6.07, 6.45) is -2.70. The summed E-state index contributed by atoms with van der Waals surface area (Å²) in [5.74, 6) is -1.83. The van der Waals surface area contributed by atoms with Gasteiger partial charge in [-0.2, -0.15) is 0 Å². The maximum atomic E-state index is 13.9. The van der Waals surface area contributed by atoms with Crippen LogP contribution in [0.3, 0.4) is 0 Å². The summed E-state index contributed by atoms with van der Waals surface area (Å²) in [4.78, 5) is 6.33. The highest BCUT2D eigenvalue weighted by Gasteiger charge is 2.54. The molecule has 0 saturated carbocycles. The third-order valence-electron chi connectivity index (χ3n) is 6.46. The molecule has 2 saturated heterocycles. The molecule has 5 N–H and O–H groups in total. The number of ether oxygens (including phenoxy) is 2. The van der Waals surface area contributed by atoms with Crippen LogP contribution in [0.5, 0.6) is 0 Å². The Morgan fingerprint density at radius 1 is 1.21 bits per heavy atom. The predicted octanol–water partition coefficient (Wildman–Crippen LogP) is -0.410. The van der Waals surface area contributed by atoms with E-state index in [-0.39, 0.29) is 24.9 Å². The fourth-order valence-corrected chi connectivity index (χ4v) is 4.95. The van der Waals surface area contributed by atoms with E-state index in [1.165, 1.54) is 0 Å². The first-order valence-corrected chi connectivity index (χ1v) is 9.86. The number of nitrogens with two attached hydrogens (primary N) is 1. The molecule has 0 aliphatic carbocycles. The minimum Gasteiger partial charge on any atom is -0.387 e. The number of rotatable bonds is 2. The van der Waals surface area contributed by atoms with Gasteiger partial charge in [-0.1, -0.05) is 0 Å². The number of benzene rings is 1. The van der Waals surface area contributed by atoms with Gasteiger partial charge in [0.05, 0.1) is 19.1 Å². The topological polar surface area (TPSA) is 113 Å². The number of aliphatic hydroxyl groups excluding tert-OH is 2. The first-order valence-electron chi connectivity index (χ1n) is 9.86. The predicted molar refractivity (Wildman–Crippen MR) is 97.6 cm³/mol. The second kappa shape index (κ2) is 7.22. The van der Waals surface area contributed by atoms with E-state index in [2.05, 4.69) is 10.3 Å². The number of aliphatic imine (C=N–C) groups is 1. The van der Waals surface area contributed by atoms with Gasteiger partial charge in [0.1, 0.15) is 36.8 Å². The number of aliphatic hydroxyl groups is 2. The van der Waals surface area contributed by atoms with Crippen LogP contribution in [-0.4, -0.2) is 71.5 Å². The number of nitrogens with one attached hydrogen (secondary N) is 1. The molecule has 0 amide bonds. The Kier molecular flexibility index (Phi) is 4.80. The Morgan fingerprint density at radius 2 is 2.00 bits per heavy atom. The summed E-state index contributed by atoms with van der Waals surface area (Å²) < 4.78 is 39.3. The van der Waals surface area contributed by atoms with Crippen molar-refractivity contribution in [2.24, 2.45) is 16.6 Å². The molecule has 2 fully saturated rings. The molecule has 1 aromatic rings.